The zero-order chi connectivity index (χ0) is 27.7. The first-order valence-corrected chi connectivity index (χ1v) is 14.6. The van der Waals surface area contributed by atoms with Gasteiger partial charge >= 0.3 is 6.18 Å². The molecule has 1 N–H and O–H groups in total. The van der Waals surface area contributed by atoms with Crippen LogP contribution in [-0.2, 0) is 15.6 Å². The van der Waals surface area contributed by atoms with Crippen LogP contribution in [0.4, 0.5) is 23.2 Å². The van der Waals surface area contributed by atoms with Gasteiger partial charge in [-0.25, -0.2) is 12.8 Å². The van der Waals surface area contributed by atoms with Gasteiger partial charge in [-0.15, -0.1) is 11.8 Å². The highest BCUT2D eigenvalue weighted by atomic mass is 32.2. The number of halogens is 4. The molecule has 4 rings (SSSR count). The van der Waals surface area contributed by atoms with Crippen LogP contribution < -0.4 is 4.90 Å². The minimum atomic E-state index is -4.85. The molecule has 2 atom stereocenters. The Balaban J connectivity index is 1.61. The predicted octanol–water partition coefficient (Wildman–Crippen LogP) is 5.42. The smallest absolute Gasteiger partial charge is 0.376 e. The molecule has 0 aromatic heterocycles. The second kappa shape index (κ2) is 11.1. The van der Waals surface area contributed by atoms with Crippen LogP contribution in [0, 0.1) is 5.82 Å². The first kappa shape index (κ1) is 28.8. The number of allylic oxidation sites excluding steroid dienone is 4. The van der Waals surface area contributed by atoms with E-state index in [1.54, 1.807) is 24.3 Å². The van der Waals surface area contributed by atoms with E-state index in [4.69, 9.17) is 12.2 Å². The fourth-order valence-electron chi connectivity index (χ4n) is 4.31. The van der Waals surface area contributed by atoms with Gasteiger partial charge in [0.1, 0.15) is 5.82 Å². The van der Waals surface area contributed by atoms with Crippen LogP contribution in [0.5, 0.6) is 0 Å². The molecule has 5 nitrogen and oxygen atoms in total. The molecule has 0 radical (unpaired) electrons. The number of benzene rings is 2. The fraction of sp³-hybridized carbons (Fsp3) is 0.346. The molecule has 1 fully saturated rings. The van der Waals surface area contributed by atoms with E-state index < -0.39 is 27.6 Å². The van der Waals surface area contributed by atoms with Crippen molar-refractivity contribution in [2.24, 2.45) is 0 Å². The number of hydrogen-bond donors (Lipinski definition) is 1. The molecule has 0 spiro atoms. The first-order chi connectivity index (χ1) is 17.8. The number of anilines is 1. The third kappa shape index (κ3) is 5.99. The van der Waals surface area contributed by atoms with Crippen molar-refractivity contribution in [3.8, 4) is 0 Å². The van der Waals surface area contributed by atoms with Gasteiger partial charge in [-0.1, -0.05) is 42.6 Å². The summed E-state index contributed by atoms with van der Waals surface area (Å²) in [4.78, 5) is 3.03. The Morgan fingerprint density at radius 1 is 1.13 bits per heavy atom. The average Bonchev–Trinajstić information content (AvgIpc) is 2.87. The molecule has 2 aromatic carbocycles. The summed E-state index contributed by atoms with van der Waals surface area (Å²) in [6.07, 6.45) is 0.468. The monoisotopic (exact) mass is 586 g/mol. The Morgan fingerprint density at radius 3 is 2.47 bits per heavy atom. The Morgan fingerprint density at radius 2 is 1.84 bits per heavy atom. The van der Waals surface area contributed by atoms with Crippen molar-refractivity contribution in [2.45, 2.75) is 36.1 Å². The van der Waals surface area contributed by atoms with E-state index in [2.05, 4.69) is 0 Å². The van der Waals surface area contributed by atoms with Crippen LogP contribution in [0.3, 0.4) is 0 Å². The second-order valence-electron chi connectivity index (χ2n) is 9.18. The van der Waals surface area contributed by atoms with Gasteiger partial charge in [0.25, 0.3) is 0 Å². The number of thioether (sulfide) groups is 1. The lowest BCUT2D eigenvalue weighted by molar-refractivity contribution is -0.258. The number of piperazine rings is 1. The maximum atomic E-state index is 13.7. The lowest BCUT2D eigenvalue weighted by Gasteiger charge is -2.42. The summed E-state index contributed by atoms with van der Waals surface area (Å²) in [7, 11) is -3.86. The highest BCUT2D eigenvalue weighted by Gasteiger charge is 2.51. The molecule has 2 aliphatic rings. The van der Waals surface area contributed by atoms with Gasteiger partial charge in [-0.05, 0) is 48.9 Å². The standard InChI is InChI=1S/C26H26F4N2O3S3/c1-25(33,26(28,29)30)18-9-11-20(12-10-18)32-14-13-31(38(34,35)24-8-3-2-7-23(24)36)16-21(32)17-37-22-6-4-5-19(27)15-22/h2-6,8-12,15,21,33H,7,13-14,16-17H2,1H3/t21-,25?/m1/s1. The van der Waals surface area contributed by atoms with E-state index in [1.165, 1.54) is 58.5 Å². The Kier molecular flexibility index (Phi) is 8.39. The third-order valence-corrected chi connectivity index (χ3v) is 10.2. The largest absolute Gasteiger partial charge is 0.421 e. The molecular weight excluding hydrogens is 560 g/mol. The summed E-state index contributed by atoms with van der Waals surface area (Å²) in [5.74, 6) is -0.00114. The topological polar surface area (TPSA) is 60.9 Å². The molecule has 1 aliphatic carbocycles. The van der Waals surface area contributed by atoms with Crippen LogP contribution >= 0.6 is 24.0 Å². The molecule has 1 heterocycles. The Labute approximate surface area is 228 Å². The van der Waals surface area contributed by atoms with Crippen LogP contribution in [-0.4, -0.2) is 60.3 Å². The van der Waals surface area contributed by atoms with E-state index >= 15 is 0 Å². The molecule has 0 saturated carbocycles. The summed E-state index contributed by atoms with van der Waals surface area (Å²) in [6, 6.07) is 11.1. The van der Waals surface area contributed by atoms with E-state index in [0.29, 0.717) is 34.5 Å². The summed E-state index contributed by atoms with van der Waals surface area (Å²) in [5.41, 5.74) is -2.72. The van der Waals surface area contributed by atoms with Crippen LogP contribution in [0.25, 0.3) is 0 Å². The van der Waals surface area contributed by atoms with E-state index in [1.807, 2.05) is 4.90 Å². The van der Waals surface area contributed by atoms with Gasteiger partial charge in [-0.2, -0.15) is 17.5 Å². The highest BCUT2D eigenvalue weighted by Crippen LogP contribution is 2.39. The van der Waals surface area contributed by atoms with Crippen molar-refractivity contribution in [1.82, 2.24) is 4.31 Å². The van der Waals surface area contributed by atoms with Crippen LogP contribution in [0.2, 0.25) is 0 Å². The normalized spacial score (nSPS) is 20.8. The molecular formula is C26H26F4N2O3S3. The lowest BCUT2D eigenvalue weighted by Crippen LogP contribution is -2.56. The van der Waals surface area contributed by atoms with Crippen LogP contribution in [0.1, 0.15) is 18.9 Å². The van der Waals surface area contributed by atoms with Crippen molar-refractivity contribution >= 4 is 44.6 Å². The molecule has 204 valence electrons. The Bertz CT molecular complexity index is 1360. The average molecular weight is 587 g/mol. The molecule has 12 heteroatoms. The lowest BCUT2D eigenvalue weighted by atomic mass is 9.95. The second-order valence-corrected chi connectivity index (χ2v) is 12.7. The number of sulfonamides is 1. The summed E-state index contributed by atoms with van der Waals surface area (Å²) in [5, 5.41) is 10.0. The van der Waals surface area contributed by atoms with Gasteiger partial charge < -0.3 is 10.0 Å². The van der Waals surface area contributed by atoms with Gasteiger partial charge in [0.05, 0.1) is 10.9 Å². The molecule has 1 unspecified atom stereocenters. The number of hydrogen-bond acceptors (Lipinski definition) is 6. The van der Waals surface area contributed by atoms with Crippen molar-refractivity contribution in [3.63, 3.8) is 0 Å². The van der Waals surface area contributed by atoms with E-state index in [9.17, 15) is 31.1 Å². The molecule has 0 bridgehead atoms. The fourth-order valence-corrected chi connectivity index (χ4v) is 7.42. The third-order valence-electron chi connectivity index (χ3n) is 6.58. The molecule has 1 saturated heterocycles. The molecule has 38 heavy (non-hydrogen) atoms. The van der Waals surface area contributed by atoms with Crippen molar-refractivity contribution in [2.75, 3.05) is 30.3 Å². The van der Waals surface area contributed by atoms with Crippen molar-refractivity contribution in [1.29, 1.82) is 0 Å². The molecule has 2 aromatic rings. The maximum Gasteiger partial charge on any atom is 0.421 e. The molecule has 0 amide bonds. The minimum Gasteiger partial charge on any atom is -0.376 e. The number of aliphatic hydroxyl groups is 1. The van der Waals surface area contributed by atoms with Gasteiger partial charge in [0, 0.05) is 47.3 Å². The number of rotatable bonds is 7. The highest BCUT2D eigenvalue weighted by molar-refractivity contribution is 7.99. The van der Waals surface area contributed by atoms with Crippen molar-refractivity contribution in [3.05, 3.63) is 83.0 Å². The van der Waals surface area contributed by atoms with Gasteiger partial charge in [0.2, 0.25) is 10.0 Å². The number of thiocarbonyl (C=S) groups is 1. The van der Waals surface area contributed by atoms with Gasteiger partial charge in [0.15, 0.2) is 5.60 Å². The first-order valence-electron chi connectivity index (χ1n) is 11.8. The van der Waals surface area contributed by atoms with Gasteiger partial charge in [-0.3, -0.25) is 0 Å². The predicted molar refractivity (Wildman–Crippen MR) is 145 cm³/mol. The SMILES string of the molecule is CC(O)(c1ccc(N2CCN(S(=O)(=O)C3=CC=CCC3=S)C[C@@H]2CSc2cccc(F)c2)cc1)C(F)(F)F. The summed E-state index contributed by atoms with van der Waals surface area (Å²) in [6.45, 7) is 1.23. The number of alkyl halides is 3. The minimum absolute atomic E-state index is 0.0960. The van der Waals surface area contributed by atoms with E-state index in [0.717, 1.165) is 0 Å². The summed E-state index contributed by atoms with van der Waals surface area (Å²) >= 11 is 6.65. The van der Waals surface area contributed by atoms with Crippen LogP contribution in [0.15, 0.2) is 76.6 Å². The zero-order valence-corrected chi connectivity index (χ0v) is 22.8. The quantitative estimate of drug-likeness (QED) is 0.266. The zero-order valence-electron chi connectivity index (χ0n) is 20.4. The number of nitrogens with zero attached hydrogens (tertiary/aromatic N) is 2. The molecule has 1 aliphatic heterocycles. The van der Waals surface area contributed by atoms with Crippen molar-refractivity contribution < 1.29 is 31.1 Å². The van der Waals surface area contributed by atoms with E-state index in [-0.39, 0.29) is 36.1 Å². The Hall–Kier alpha value is -2.25. The maximum absolute atomic E-state index is 13.7. The summed E-state index contributed by atoms with van der Waals surface area (Å²) < 4.78 is 81.8.